The summed E-state index contributed by atoms with van der Waals surface area (Å²) in [6, 6.07) is 0.306. The molecule has 1 unspecified atom stereocenters. The summed E-state index contributed by atoms with van der Waals surface area (Å²) >= 11 is -2.90. The molecule has 0 amide bonds. The Kier molecular flexibility index (Phi) is 5.32. The molecular formula is C7H4F3NaO2S. The molecule has 1 rings (SSSR count). The molecule has 72 valence electrons. The van der Waals surface area contributed by atoms with Crippen molar-refractivity contribution in [1.82, 2.24) is 0 Å². The monoisotopic (exact) mass is 232 g/mol. The smallest absolute Gasteiger partial charge is 0.768 e. The van der Waals surface area contributed by atoms with Crippen molar-refractivity contribution in [2.24, 2.45) is 0 Å². The van der Waals surface area contributed by atoms with Crippen molar-refractivity contribution in [2.45, 2.75) is 11.8 Å². The van der Waals surface area contributed by atoms with Crippen molar-refractivity contribution in [2.75, 3.05) is 0 Å². The van der Waals surface area contributed by atoms with Crippen LogP contribution in [0, 0.1) is 24.4 Å². The zero-order chi connectivity index (χ0) is 10.2. The van der Waals surface area contributed by atoms with Crippen LogP contribution in [0.1, 0.15) is 5.56 Å². The van der Waals surface area contributed by atoms with Gasteiger partial charge in [0, 0.05) is 5.56 Å². The molecule has 14 heavy (non-hydrogen) atoms. The van der Waals surface area contributed by atoms with Gasteiger partial charge in [0.1, 0.15) is 5.82 Å². The zero-order valence-corrected chi connectivity index (χ0v) is 10.3. The van der Waals surface area contributed by atoms with E-state index >= 15 is 0 Å². The second kappa shape index (κ2) is 5.27. The van der Waals surface area contributed by atoms with Gasteiger partial charge in [0.05, 0.1) is 4.90 Å². The minimum Gasteiger partial charge on any atom is -0.768 e. The molecule has 0 N–H and O–H groups in total. The van der Waals surface area contributed by atoms with Gasteiger partial charge < -0.3 is 4.55 Å². The summed E-state index contributed by atoms with van der Waals surface area (Å²) in [7, 11) is 0. The summed E-state index contributed by atoms with van der Waals surface area (Å²) in [4.78, 5) is -0.864. The minimum absolute atomic E-state index is 0. The summed E-state index contributed by atoms with van der Waals surface area (Å²) in [6.07, 6.45) is 0. The van der Waals surface area contributed by atoms with Gasteiger partial charge in [0.25, 0.3) is 0 Å². The van der Waals surface area contributed by atoms with E-state index in [1.54, 1.807) is 0 Å². The summed E-state index contributed by atoms with van der Waals surface area (Å²) in [5.41, 5.74) is -0.640. The van der Waals surface area contributed by atoms with Crippen molar-refractivity contribution < 1.29 is 51.5 Å². The predicted octanol–water partition coefficient (Wildman–Crippen LogP) is -1.35. The van der Waals surface area contributed by atoms with Gasteiger partial charge in [-0.3, -0.25) is 4.21 Å². The van der Waals surface area contributed by atoms with Crippen LogP contribution < -0.4 is 29.6 Å². The van der Waals surface area contributed by atoms with Crippen LogP contribution in [-0.2, 0) is 11.1 Å². The van der Waals surface area contributed by atoms with Gasteiger partial charge >= 0.3 is 29.6 Å². The Balaban J connectivity index is 0.00000169. The molecule has 1 aromatic rings. The molecule has 0 aromatic heterocycles. The fraction of sp³-hybridized carbons (Fsp3) is 0.143. The van der Waals surface area contributed by atoms with Crippen LogP contribution >= 0.6 is 0 Å². The summed E-state index contributed by atoms with van der Waals surface area (Å²) < 4.78 is 58.7. The first-order valence-corrected chi connectivity index (χ1v) is 4.26. The SMILES string of the molecule is Cc1c(F)c(F)cc(S(=O)[O-])c1F.[Na+]. The maximum Gasteiger partial charge on any atom is 1.00 e. The van der Waals surface area contributed by atoms with E-state index in [0.717, 1.165) is 6.92 Å². The van der Waals surface area contributed by atoms with E-state index in [0.29, 0.717) is 6.07 Å². The molecule has 0 saturated carbocycles. The Bertz CT molecular complexity index is 384. The average Bonchev–Trinajstić information content (AvgIpc) is 2.07. The molecular weight excluding hydrogens is 228 g/mol. The first-order chi connectivity index (χ1) is 5.95. The second-order valence-corrected chi connectivity index (χ2v) is 3.25. The summed E-state index contributed by atoms with van der Waals surface area (Å²) in [5.74, 6) is -4.00. The molecule has 0 saturated heterocycles. The molecule has 0 aliphatic rings. The first kappa shape index (κ1) is 14.1. The van der Waals surface area contributed by atoms with Crippen LogP contribution in [0.3, 0.4) is 0 Å². The fourth-order valence-electron chi connectivity index (χ4n) is 0.823. The first-order valence-electron chi connectivity index (χ1n) is 3.18. The Morgan fingerprint density at radius 1 is 1.29 bits per heavy atom. The third kappa shape index (κ3) is 2.58. The van der Waals surface area contributed by atoms with Crippen molar-refractivity contribution >= 4 is 11.1 Å². The molecule has 0 heterocycles. The number of hydrogen-bond acceptors (Lipinski definition) is 2. The third-order valence-corrected chi connectivity index (χ3v) is 2.18. The van der Waals surface area contributed by atoms with Crippen molar-refractivity contribution in [1.29, 1.82) is 0 Å². The third-order valence-electron chi connectivity index (χ3n) is 1.52. The molecule has 0 aliphatic heterocycles. The van der Waals surface area contributed by atoms with Crippen LogP contribution in [0.2, 0.25) is 0 Å². The van der Waals surface area contributed by atoms with E-state index in [-0.39, 0.29) is 29.6 Å². The standard InChI is InChI=1S/C7H5F3O2S.Na/c1-3-6(9)4(8)2-5(7(3)10)13(11)12;/h2H,1H3,(H,11,12);/q;+1/p-1. The minimum atomic E-state index is -2.90. The van der Waals surface area contributed by atoms with Gasteiger partial charge in [0.2, 0.25) is 0 Å². The van der Waals surface area contributed by atoms with Gasteiger partial charge in [0.15, 0.2) is 11.6 Å². The van der Waals surface area contributed by atoms with E-state index in [2.05, 4.69) is 0 Å². The normalized spacial score (nSPS) is 12.1. The molecule has 2 nitrogen and oxygen atoms in total. The number of hydrogen-bond donors (Lipinski definition) is 0. The van der Waals surface area contributed by atoms with Gasteiger partial charge in [-0.25, -0.2) is 13.2 Å². The largest absolute Gasteiger partial charge is 1.00 e. The fourth-order valence-corrected chi connectivity index (χ4v) is 1.32. The van der Waals surface area contributed by atoms with Crippen LogP contribution in [0.4, 0.5) is 13.2 Å². The molecule has 0 aliphatic carbocycles. The van der Waals surface area contributed by atoms with Crippen LogP contribution in [-0.4, -0.2) is 8.76 Å². The average molecular weight is 232 g/mol. The molecule has 0 spiro atoms. The quantitative estimate of drug-likeness (QED) is 0.341. The molecule has 0 fully saturated rings. The van der Waals surface area contributed by atoms with Crippen molar-refractivity contribution in [3.63, 3.8) is 0 Å². The summed E-state index contributed by atoms with van der Waals surface area (Å²) in [6.45, 7) is 0.962. The predicted molar refractivity (Wildman–Crippen MR) is 38.2 cm³/mol. The van der Waals surface area contributed by atoms with E-state index in [1.165, 1.54) is 0 Å². The molecule has 7 heteroatoms. The molecule has 0 bridgehead atoms. The maximum absolute atomic E-state index is 12.9. The van der Waals surface area contributed by atoms with E-state index < -0.39 is 39.0 Å². The number of rotatable bonds is 1. The molecule has 1 aromatic carbocycles. The van der Waals surface area contributed by atoms with Crippen molar-refractivity contribution in [3.8, 4) is 0 Å². The van der Waals surface area contributed by atoms with Gasteiger partial charge in [-0.05, 0) is 24.1 Å². The van der Waals surface area contributed by atoms with Gasteiger partial charge in [-0.2, -0.15) is 0 Å². The van der Waals surface area contributed by atoms with E-state index in [1.807, 2.05) is 0 Å². The second-order valence-electron chi connectivity index (χ2n) is 2.34. The number of halogens is 3. The summed E-state index contributed by atoms with van der Waals surface area (Å²) in [5, 5.41) is 0. The molecule has 1 atom stereocenters. The topological polar surface area (TPSA) is 40.1 Å². The van der Waals surface area contributed by atoms with E-state index in [9.17, 15) is 21.9 Å². The van der Waals surface area contributed by atoms with Crippen LogP contribution in [0.5, 0.6) is 0 Å². The Hall–Kier alpha value is 0.120. The van der Waals surface area contributed by atoms with Gasteiger partial charge in [-0.1, -0.05) is 0 Å². The van der Waals surface area contributed by atoms with Crippen LogP contribution in [0.15, 0.2) is 11.0 Å². The number of benzene rings is 1. The Morgan fingerprint density at radius 2 is 1.79 bits per heavy atom. The van der Waals surface area contributed by atoms with Crippen molar-refractivity contribution in [3.05, 3.63) is 29.1 Å². The molecule has 0 radical (unpaired) electrons. The Morgan fingerprint density at radius 3 is 2.21 bits per heavy atom. The maximum atomic E-state index is 12.9. The zero-order valence-electron chi connectivity index (χ0n) is 7.44. The Labute approximate surface area is 103 Å². The van der Waals surface area contributed by atoms with Gasteiger partial charge in [-0.15, -0.1) is 0 Å². The van der Waals surface area contributed by atoms with Crippen LogP contribution in [0.25, 0.3) is 0 Å². The van der Waals surface area contributed by atoms with E-state index in [4.69, 9.17) is 0 Å².